The minimum atomic E-state index is -0.0165. The monoisotopic (exact) mass is 195 g/mol. The number of imidazole rings is 1. The van der Waals surface area contributed by atoms with Crippen LogP contribution in [0.25, 0.3) is 10.8 Å². The first kappa shape index (κ1) is 8.40. The molecule has 2 N–H and O–H groups in total. The Hall–Kier alpha value is -1.20. The summed E-state index contributed by atoms with van der Waals surface area (Å²) in [7, 11) is 0. The Morgan fingerprint density at radius 1 is 1.62 bits per heavy atom. The first-order valence-corrected chi connectivity index (χ1v) is 4.75. The minimum absolute atomic E-state index is 0.0165. The van der Waals surface area contributed by atoms with Gasteiger partial charge in [-0.3, -0.25) is 0 Å². The van der Waals surface area contributed by atoms with Crippen molar-refractivity contribution < 1.29 is 5.11 Å². The summed E-state index contributed by atoms with van der Waals surface area (Å²) >= 11 is 1.54. The molecule has 0 fully saturated rings. The van der Waals surface area contributed by atoms with Gasteiger partial charge in [-0.1, -0.05) is 0 Å². The molecule has 0 saturated carbocycles. The number of hydrogen-bond donors (Lipinski definition) is 2. The van der Waals surface area contributed by atoms with Crippen molar-refractivity contribution in [3.63, 3.8) is 0 Å². The molecule has 2 heterocycles. The highest BCUT2D eigenvalue weighted by molar-refractivity contribution is 7.13. The highest BCUT2D eigenvalue weighted by Gasteiger charge is 2.05. The number of H-pyrrole nitrogens is 1. The van der Waals surface area contributed by atoms with Gasteiger partial charge in [-0.2, -0.15) is 0 Å². The van der Waals surface area contributed by atoms with Crippen molar-refractivity contribution >= 4 is 11.3 Å². The van der Waals surface area contributed by atoms with Crippen molar-refractivity contribution in [1.29, 1.82) is 0 Å². The lowest BCUT2D eigenvalue weighted by Crippen LogP contribution is -1.82. The van der Waals surface area contributed by atoms with Crippen LogP contribution in [0.2, 0.25) is 0 Å². The molecule has 0 aliphatic carbocycles. The van der Waals surface area contributed by atoms with Crippen molar-refractivity contribution in [1.82, 2.24) is 15.0 Å². The maximum atomic E-state index is 8.81. The maximum absolute atomic E-state index is 8.81. The minimum Gasteiger partial charge on any atom is -0.390 e. The van der Waals surface area contributed by atoms with E-state index in [0.29, 0.717) is 5.69 Å². The standard InChI is InChI=1S/C8H9N3OS/c1-5-4-13-8(10-5)7-9-2-6(3-12)11-7/h2,4,12H,3H2,1H3,(H,9,11). The predicted molar refractivity (Wildman–Crippen MR) is 50.4 cm³/mol. The van der Waals surface area contributed by atoms with Gasteiger partial charge in [-0.25, -0.2) is 9.97 Å². The fourth-order valence-electron chi connectivity index (χ4n) is 1.01. The molecular weight excluding hydrogens is 186 g/mol. The Kier molecular flexibility index (Phi) is 2.12. The van der Waals surface area contributed by atoms with Gasteiger partial charge >= 0.3 is 0 Å². The average molecular weight is 195 g/mol. The summed E-state index contributed by atoms with van der Waals surface area (Å²) in [5.41, 5.74) is 1.70. The molecule has 2 aromatic heterocycles. The van der Waals surface area contributed by atoms with Gasteiger partial charge in [0.1, 0.15) is 0 Å². The van der Waals surface area contributed by atoms with Crippen molar-refractivity contribution in [2.75, 3.05) is 0 Å². The zero-order valence-electron chi connectivity index (χ0n) is 7.11. The van der Waals surface area contributed by atoms with Crippen LogP contribution in [0.4, 0.5) is 0 Å². The number of aliphatic hydroxyl groups excluding tert-OH is 1. The second-order valence-corrected chi connectivity index (χ2v) is 3.57. The molecule has 0 atom stereocenters. The number of aryl methyl sites for hydroxylation is 1. The van der Waals surface area contributed by atoms with Crippen LogP contribution in [-0.2, 0) is 6.61 Å². The Morgan fingerprint density at radius 2 is 2.46 bits per heavy atom. The van der Waals surface area contributed by atoms with E-state index < -0.39 is 0 Å². The van der Waals surface area contributed by atoms with Crippen LogP contribution >= 0.6 is 11.3 Å². The number of thiazole rings is 1. The molecule has 0 amide bonds. The van der Waals surface area contributed by atoms with E-state index >= 15 is 0 Å². The van der Waals surface area contributed by atoms with Gasteiger partial charge in [0, 0.05) is 11.1 Å². The molecule has 0 aromatic carbocycles. The van der Waals surface area contributed by atoms with E-state index in [1.54, 1.807) is 6.20 Å². The number of aromatic amines is 1. The number of aromatic nitrogens is 3. The fourth-order valence-corrected chi connectivity index (χ4v) is 1.76. The summed E-state index contributed by atoms with van der Waals surface area (Å²) in [4.78, 5) is 11.4. The predicted octanol–water partition coefficient (Wildman–Crippen LogP) is 1.33. The first-order chi connectivity index (χ1) is 6.29. The van der Waals surface area contributed by atoms with Crippen LogP contribution < -0.4 is 0 Å². The van der Waals surface area contributed by atoms with E-state index in [4.69, 9.17) is 5.11 Å². The molecule has 5 heteroatoms. The molecule has 0 aliphatic rings. The van der Waals surface area contributed by atoms with Gasteiger partial charge in [0.25, 0.3) is 0 Å². The Morgan fingerprint density at radius 3 is 3.00 bits per heavy atom. The normalized spacial score (nSPS) is 10.6. The molecule has 0 bridgehead atoms. The highest BCUT2D eigenvalue weighted by atomic mass is 32.1. The SMILES string of the molecule is Cc1csc(-c2ncc(CO)[nH]2)n1. The molecule has 0 spiro atoms. The van der Waals surface area contributed by atoms with Crippen LogP contribution in [0, 0.1) is 6.92 Å². The van der Waals surface area contributed by atoms with Crippen LogP contribution in [0.3, 0.4) is 0 Å². The topological polar surface area (TPSA) is 61.8 Å². The first-order valence-electron chi connectivity index (χ1n) is 3.87. The van der Waals surface area contributed by atoms with Gasteiger partial charge in [0.05, 0.1) is 18.5 Å². The lowest BCUT2D eigenvalue weighted by Gasteiger charge is -1.87. The fraction of sp³-hybridized carbons (Fsp3) is 0.250. The highest BCUT2D eigenvalue weighted by Crippen LogP contribution is 2.20. The second-order valence-electron chi connectivity index (χ2n) is 2.71. The van der Waals surface area contributed by atoms with E-state index in [-0.39, 0.29) is 6.61 Å². The molecule has 2 rings (SSSR count). The van der Waals surface area contributed by atoms with Crippen molar-refractivity contribution in [2.24, 2.45) is 0 Å². The molecule has 68 valence electrons. The van der Waals surface area contributed by atoms with Gasteiger partial charge in [0.15, 0.2) is 10.8 Å². The Balaban J connectivity index is 2.35. The smallest absolute Gasteiger partial charge is 0.166 e. The zero-order chi connectivity index (χ0) is 9.26. The third kappa shape index (κ3) is 1.61. The molecule has 2 aromatic rings. The average Bonchev–Trinajstić information content (AvgIpc) is 2.71. The van der Waals surface area contributed by atoms with Crippen LogP contribution in [0.5, 0.6) is 0 Å². The lowest BCUT2D eigenvalue weighted by molar-refractivity contribution is 0.277. The number of aliphatic hydroxyl groups is 1. The number of nitrogens with zero attached hydrogens (tertiary/aromatic N) is 2. The Labute approximate surface area is 79.3 Å². The number of nitrogens with one attached hydrogen (secondary N) is 1. The van der Waals surface area contributed by atoms with Crippen molar-refractivity contribution in [2.45, 2.75) is 13.5 Å². The molecule has 4 nitrogen and oxygen atoms in total. The van der Waals surface area contributed by atoms with E-state index in [1.165, 1.54) is 11.3 Å². The van der Waals surface area contributed by atoms with E-state index in [9.17, 15) is 0 Å². The zero-order valence-corrected chi connectivity index (χ0v) is 7.93. The summed E-state index contributed by atoms with van der Waals surface area (Å²) < 4.78 is 0. The quantitative estimate of drug-likeness (QED) is 0.760. The van der Waals surface area contributed by atoms with Crippen LogP contribution in [0.15, 0.2) is 11.6 Å². The molecule has 0 aliphatic heterocycles. The summed E-state index contributed by atoms with van der Waals surface area (Å²) in [6, 6.07) is 0. The van der Waals surface area contributed by atoms with E-state index in [1.807, 2.05) is 12.3 Å². The molecule has 0 unspecified atom stereocenters. The molecule has 0 radical (unpaired) electrons. The van der Waals surface area contributed by atoms with E-state index in [0.717, 1.165) is 16.5 Å². The molecular formula is C8H9N3OS. The molecule has 13 heavy (non-hydrogen) atoms. The van der Waals surface area contributed by atoms with Gasteiger partial charge in [-0.05, 0) is 6.92 Å². The third-order valence-corrected chi connectivity index (χ3v) is 2.59. The van der Waals surface area contributed by atoms with Crippen LogP contribution in [-0.4, -0.2) is 20.1 Å². The number of rotatable bonds is 2. The summed E-state index contributed by atoms with van der Waals surface area (Å²) in [5, 5.41) is 11.6. The van der Waals surface area contributed by atoms with Gasteiger partial charge in [-0.15, -0.1) is 11.3 Å². The second kappa shape index (κ2) is 3.27. The van der Waals surface area contributed by atoms with Crippen LogP contribution in [0.1, 0.15) is 11.4 Å². The van der Waals surface area contributed by atoms with Gasteiger partial charge in [0.2, 0.25) is 0 Å². The summed E-state index contributed by atoms with van der Waals surface area (Å²) in [6.07, 6.45) is 1.62. The van der Waals surface area contributed by atoms with Gasteiger partial charge < -0.3 is 10.1 Å². The third-order valence-electron chi connectivity index (χ3n) is 1.62. The molecule has 0 saturated heterocycles. The van der Waals surface area contributed by atoms with E-state index in [2.05, 4.69) is 15.0 Å². The Bertz CT molecular complexity index is 407. The largest absolute Gasteiger partial charge is 0.390 e. The maximum Gasteiger partial charge on any atom is 0.166 e. The van der Waals surface area contributed by atoms with Crippen molar-refractivity contribution in [3.05, 3.63) is 23.0 Å². The number of hydrogen-bond acceptors (Lipinski definition) is 4. The lowest BCUT2D eigenvalue weighted by atomic mass is 10.5. The summed E-state index contributed by atoms with van der Waals surface area (Å²) in [5.74, 6) is 0.724. The van der Waals surface area contributed by atoms with Crippen molar-refractivity contribution in [3.8, 4) is 10.8 Å². The summed E-state index contributed by atoms with van der Waals surface area (Å²) in [6.45, 7) is 1.92.